The summed E-state index contributed by atoms with van der Waals surface area (Å²) in [7, 11) is 0. The molecule has 1 unspecified atom stereocenters. The average molecular weight is 393 g/mol. The molecule has 2 aliphatic heterocycles. The summed E-state index contributed by atoms with van der Waals surface area (Å²) in [6.07, 6.45) is 1.51. The van der Waals surface area contributed by atoms with Gasteiger partial charge in [-0.05, 0) is 56.7 Å². The second-order valence-electron chi connectivity index (χ2n) is 7.75. The first kappa shape index (κ1) is 19.2. The maximum atomic E-state index is 12.8. The highest BCUT2D eigenvalue weighted by molar-refractivity contribution is 5.96. The molecule has 0 spiro atoms. The number of aromatic nitrogens is 1. The van der Waals surface area contributed by atoms with Gasteiger partial charge in [-0.3, -0.25) is 4.79 Å². The molecule has 3 heterocycles. The van der Waals surface area contributed by atoms with Gasteiger partial charge in [-0.25, -0.2) is 9.78 Å². The lowest BCUT2D eigenvalue weighted by Gasteiger charge is -2.40. The van der Waals surface area contributed by atoms with Gasteiger partial charge in [0.15, 0.2) is 0 Å². The second-order valence-corrected chi connectivity index (χ2v) is 7.75. The van der Waals surface area contributed by atoms with Gasteiger partial charge in [0.1, 0.15) is 5.82 Å². The largest absolute Gasteiger partial charge is 0.353 e. The van der Waals surface area contributed by atoms with Crippen LogP contribution in [0.25, 0.3) is 0 Å². The van der Waals surface area contributed by atoms with Gasteiger partial charge in [0.25, 0.3) is 0 Å². The molecule has 3 amide bonds. The number of hydrogen-bond acceptors (Lipinski definition) is 4. The number of carbonyl (C=O) groups is 2. The Balaban J connectivity index is 1.36. The monoisotopic (exact) mass is 393 g/mol. The molecule has 0 aliphatic carbocycles. The van der Waals surface area contributed by atoms with E-state index in [0.717, 1.165) is 48.9 Å². The topological polar surface area (TPSA) is 68.8 Å². The molecule has 2 aliphatic rings. The molecule has 7 nitrogen and oxygen atoms in total. The predicted molar refractivity (Wildman–Crippen MR) is 114 cm³/mol. The highest BCUT2D eigenvalue weighted by Crippen LogP contribution is 2.24. The molecular weight excluding hydrogens is 366 g/mol. The molecule has 29 heavy (non-hydrogen) atoms. The Morgan fingerprint density at radius 2 is 1.90 bits per heavy atom. The number of nitrogens with one attached hydrogen (secondary N) is 1. The maximum Gasteiger partial charge on any atom is 0.322 e. The van der Waals surface area contributed by atoms with Gasteiger partial charge in [-0.1, -0.05) is 6.07 Å². The highest BCUT2D eigenvalue weighted by atomic mass is 16.2. The Bertz CT molecular complexity index is 898. The van der Waals surface area contributed by atoms with Crippen molar-refractivity contribution in [1.29, 1.82) is 0 Å². The van der Waals surface area contributed by atoms with Gasteiger partial charge < -0.3 is 20.0 Å². The fourth-order valence-corrected chi connectivity index (χ4v) is 4.01. The van der Waals surface area contributed by atoms with Gasteiger partial charge in [0.05, 0.1) is 0 Å². The molecular formula is C22H27N5O2. The summed E-state index contributed by atoms with van der Waals surface area (Å²) in [4.78, 5) is 35.1. The molecule has 4 rings (SSSR count). The van der Waals surface area contributed by atoms with Gasteiger partial charge in [0.2, 0.25) is 5.91 Å². The van der Waals surface area contributed by atoms with Gasteiger partial charge in [-0.2, -0.15) is 0 Å². The number of hydrogen-bond donors (Lipinski definition) is 1. The molecule has 7 heteroatoms. The van der Waals surface area contributed by atoms with Crippen LogP contribution in [0, 0.1) is 6.92 Å². The number of benzene rings is 1. The third-order valence-corrected chi connectivity index (χ3v) is 5.59. The summed E-state index contributed by atoms with van der Waals surface area (Å²) in [6.45, 7) is 6.96. The SMILES string of the molecule is Cc1cccc(N2CCN(C(=O)Nc3ccc(N4CCCC4=O)cc3)C(C)C2)n1. The fourth-order valence-electron chi connectivity index (χ4n) is 4.01. The van der Waals surface area contributed by atoms with Crippen LogP contribution in [0.15, 0.2) is 42.5 Å². The lowest BCUT2D eigenvalue weighted by molar-refractivity contribution is -0.117. The van der Waals surface area contributed by atoms with Crippen molar-refractivity contribution in [3.63, 3.8) is 0 Å². The Morgan fingerprint density at radius 1 is 1.10 bits per heavy atom. The van der Waals surface area contributed by atoms with Crippen molar-refractivity contribution in [2.45, 2.75) is 32.7 Å². The molecule has 2 fully saturated rings. The van der Waals surface area contributed by atoms with Crippen LogP contribution in [0.3, 0.4) is 0 Å². The first-order chi connectivity index (χ1) is 14.0. The number of piperazine rings is 1. The first-order valence-corrected chi connectivity index (χ1v) is 10.2. The number of nitrogens with zero attached hydrogens (tertiary/aromatic N) is 4. The fraction of sp³-hybridized carbons (Fsp3) is 0.409. The number of pyridine rings is 1. The van der Waals surface area contributed by atoms with Crippen molar-refractivity contribution in [1.82, 2.24) is 9.88 Å². The zero-order valence-electron chi connectivity index (χ0n) is 17.0. The van der Waals surface area contributed by atoms with Crippen LogP contribution in [0.1, 0.15) is 25.5 Å². The van der Waals surface area contributed by atoms with Gasteiger partial charge in [0, 0.05) is 55.7 Å². The van der Waals surface area contributed by atoms with Crippen molar-refractivity contribution in [3.8, 4) is 0 Å². The average Bonchev–Trinajstić information content (AvgIpc) is 3.14. The van der Waals surface area contributed by atoms with Crippen molar-refractivity contribution >= 4 is 29.1 Å². The van der Waals surface area contributed by atoms with Crippen LogP contribution in [0.4, 0.5) is 22.0 Å². The third kappa shape index (κ3) is 4.18. The van der Waals surface area contributed by atoms with E-state index in [1.807, 2.05) is 54.3 Å². The van der Waals surface area contributed by atoms with Crippen molar-refractivity contribution in [3.05, 3.63) is 48.2 Å². The molecule has 2 aromatic rings. The second kappa shape index (κ2) is 8.11. The van der Waals surface area contributed by atoms with E-state index in [2.05, 4.69) is 22.1 Å². The van der Waals surface area contributed by atoms with E-state index < -0.39 is 0 Å². The Morgan fingerprint density at radius 3 is 2.55 bits per heavy atom. The lowest BCUT2D eigenvalue weighted by Crippen LogP contribution is -2.55. The molecule has 152 valence electrons. The standard InChI is InChI=1S/C22H27N5O2/c1-16-5-3-6-20(23-16)25-13-14-26(17(2)15-25)22(29)24-18-8-10-19(11-9-18)27-12-4-7-21(27)28/h3,5-6,8-11,17H,4,7,12-15H2,1-2H3,(H,24,29). The summed E-state index contributed by atoms with van der Waals surface area (Å²) < 4.78 is 0. The van der Waals surface area contributed by atoms with Crippen LogP contribution in [-0.4, -0.2) is 54.0 Å². The van der Waals surface area contributed by atoms with E-state index in [0.29, 0.717) is 13.0 Å². The summed E-state index contributed by atoms with van der Waals surface area (Å²) in [5.74, 6) is 1.13. The first-order valence-electron chi connectivity index (χ1n) is 10.2. The Labute approximate surface area is 171 Å². The number of carbonyl (C=O) groups excluding carboxylic acids is 2. The normalized spacial score (nSPS) is 19.6. The highest BCUT2D eigenvalue weighted by Gasteiger charge is 2.28. The van der Waals surface area contributed by atoms with Crippen molar-refractivity contribution in [2.24, 2.45) is 0 Å². The van der Waals surface area contributed by atoms with Crippen LogP contribution in [0.2, 0.25) is 0 Å². The number of anilines is 3. The molecule has 0 saturated carbocycles. The smallest absolute Gasteiger partial charge is 0.322 e. The summed E-state index contributed by atoms with van der Waals surface area (Å²) in [5, 5.41) is 2.98. The van der Waals surface area contributed by atoms with Crippen molar-refractivity contribution in [2.75, 3.05) is 41.3 Å². The van der Waals surface area contributed by atoms with Crippen LogP contribution in [-0.2, 0) is 4.79 Å². The van der Waals surface area contributed by atoms with E-state index in [1.165, 1.54) is 0 Å². The maximum absolute atomic E-state index is 12.8. The van der Waals surface area contributed by atoms with E-state index >= 15 is 0 Å². The third-order valence-electron chi connectivity index (χ3n) is 5.59. The zero-order valence-corrected chi connectivity index (χ0v) is 17.0. The minimum Gasteiger partial charge on any atom is -0.353 e. The zero-order chi connectivity index (χ0) is 20.4. The Hall–Kier alpha value is -3.09. The molecule has 1 aromatic heterocycles. The van der Waals surface area contributed by atoms with E-state index in [-0.39, 0.29) is 18.0 Å². The van der Waals surface area contributed by atoms with E-state index in [4.69, 9.17) is 0 Å². The summed E-state index contributed by atoms with van der Waals surface area (Å²) in [6, 6.07) is 13.5. The summed E-state index contributed by atoms with van der Waals surface area (Å²) >= 11 is 0. The Kier molecular flexibility index (Phi) is 5.38. The summed E-state index contributed by atoms with van der Waals surface area (Å²) in [5.41, 5.74) is 2.62. The molecule has 1 atom stereocenters. The number of urea groups is 1. The molecule has 2 saturated heterocycles. The van der Waals surface area contributed by atoms with Gasteiger partial charge in [-0.15, -0.1) is 0 Å². The number of rotatable bonds is 3. The van der Waals surface area contributed by atoms with E-state index in [9.17, 15) is 9.59 Å². The van der Waals surface area contributed by atoms with E-state index in [1.54, 1.807) is 4.90 Å². The minimum absolute atomic E-state index is 0.0764. The van der Waals surface area contributed by atoms with Gasteiger partial charge >= 0.3 is 6.03 Å². The molecule has 1 N–H and O–H groups in total. The van der Waals surface area contributed by atoms with Crippen LogP contribution < -0.4 is 15.1 Å². The predicted octanol–water partition coefficient (Wildman–Crippen LogP) is 3.26. The van der Waals surface area contributed by atoms with Crippen molar-refractivity contribution < 1.29 is 9.59 Å². The quantitative estimate of drug-likeness (QED) is 0.869. The molecule has 0 radical (unpaired) electrons. The van der Waals surface area contributed by atoms with Crippen LogP contribution >= 0.6 is 0 Å². The molecule has 1 aromatic carbocycles. The minimum atomic E-state index is -0.0978. The lowest BCUT2D eigenvalue weighted by atomic mass is 10.2. The molecule has 0 bridgehead atoms. The van der Waals surface area contributed by atoms with Crippen LogP contribution in [0.5, 0.6) is 0 Å². The number of aryl methyl sites for hydroxylation is 1. The number of amides is 3.